The Bertz CT molecular complexity index is 390. The summed E-state index contributed by atoms with van der Waals surface area (Å²) in [6, 6.07) is 4.49. The second-order valence-corrected chi connectivity index (χ2v) is 3.40. The molecule has 0 atom stereocenters. The molecule has 1 aromatic carbocycles. The largest absolute Gasteiger partial charge is 0.326 e. The van der Waals surface area contributed by atoms with E-state index in [2.05, 4.69) is 5.32 Å². The van der Waals surface area contributed by atoms with E-state index in [4.69, 9.17) is 23.2 Å². The molecule has 1 amide bonds. The lowest BCUT2D eigenvalue weighted by Gasteiger charge is -2.04. The number of carbonyl (C=O) groups is 2. The molecule has 0 bridgehead atoms. The van der Waals surface area contributed by atoms with Crippen molar-refractivity contribution < 1.29 is 9.59 Å². The van der Waals surface area contributed by atoms with E-state index in [0.717, 1.165) is 0 Å². The summed E-state index contributed by atoms with van der Waals surface area (Å²) in [5.74, 6) is -0.203. The van der Waals surface area contributed by atoms with Crippen LogP contribution in [0.1, 0.15) is 17.3 Å². The molecule has 0 spiro atoms. The molecule has 0 fully saturated rings. The van der Waals surface area contributed by atoms with Gasteiger partial charge in [0.25, 0.3) is 5.24 Å². The zero-order valence-electron chi connectivity index (χ0n) is 7.30. The summed E-state index contributed by atoms with van der Waals surface area (Å²) in [6.07, 6.45) is 0. The van der Waals surface area contributed by atoms with Gasteiger partial charge in [0, 0.05) is 12.6 Å². The van der Waals surface area contributed by atoms with Crippen molar-refractivity contribution in [3.05, 3.63) is 28.8 Å². The topological polar surface area (TPSA) is 46.2 Å². The van der Waals surface area contributed by atoms with Crippen molar-refractivity contribution in [3.8, 4) is 0 Å². The van der Waals surface area contributed by atoms with Gasteiger partial charge in [0.2, 0.25) is 5.91 Å². The van der Waals surface area contributed by atoms with E-state index in [1.807, 2.05) is 0 Å². The molecule has 0 aliphatic heterocycles. The van der Waals surface area contributed by atoms with Gasteiger partial charge in [-0.15, -0.1) is 0 Å². The molecule has 0 aliphatic rings. The molecule has 0 saturated carbocycles. The van der Waals surface area contributed by atoms with Gasteiger partial charge in [-0.25, -0.2) is 0 Å². The maximum absolute atomic E-state index is 10.8. The quantitative estimate of drug-likeness (QED) is 0.796. The Morgan fingerprint density at radius 2 is 2.00 bits per heavy atom. The van der Waals surface area contributed by atoms with E-state index in [9.17, 15) is 9.59 Å². The standard InChI is InChI=1S/C9H7Cl2NO2/c1-5(13)12-6-2-3-7(9(11)14)8(10)4-6/h2-4H,1H3,(H,12,13). The number of amides is 1. The van der Waals surface area contributed by atoms with E-state index >= 15 is 0 Å². The van der Waals surface area contributed by atoms with Crippen LogP contribution in [0.5, 0.6) is 0 Å². The lowest BCUT2D eigenvalue weighted by Crippen LogP contribution is -2.06. The predicted octanol–water partition coefficient (Wildman–Crippen LogP) is 2.68. The highest BCUT2D eigenvalue weighted by Gasteiger charge is 2.08. The Hall–Kier alpha value is -1.06. The monoisotopic (exact) mass is 231 g/mol. The first-order chi connectivity index (χ1) is 6.50. The molecule has 0 radical (unpaired) electrons. The Kier molecular flexibility index (Phi) is 3.49. The molecule has 0 saturated heterocycles. The van der Waals surface area contributed by atoms with Crippen molar-refractivity contribution >= 4 is 40.0 Å². The van der Waals surface area contributed by atoms with Crippen LogP contribution in [0.2, 0.25) is 5.02 Å². The minimum Gasteiger partial charge on any atom is -0.326 e. The van der Waals surface area contributed by atoms with E-state index in [1.165, 1.54) is 19.1 Å². The maximum atomic E-state index is 10.8. The van der Waals surface area contributed by atoms with Crippen LogP contribution in [0.15, 0.2) is 18.2 Å². The molecule has 0 aromatic heterocycles. The van der Waals surface area contributed by atoms with Crippen LogP contribution < -0.4 is 5.32 Å². The van der Waals surface area contributed by atoms with Crippen molar-refractivity contribution in [2.24, 2.45) is 0 Å². The number of rotatable bonds is 2. The van der Waals surface area contributed by atoms with Gasteiger partial charge in [-0.05, 0) is 29.8 Å². The van der Waals surface area contributed by atoms with Gasteiger partial charge in [0.1, 0.15) is 0 Å². The minimum absolute atomic E-state index is 0.203. The zero-order chi connectivity index (χ0) is 10.7. The van der Waals surface area contributed by atoms with Crippen molar-refractivity contribution in [2.75, 3.05) is 5.32 Å². The van der Waals surface area contributed by atoms with Crippen LogP contribution in [0.25, 0.3) is 0 Å². The van der Waals surface area contributed by atoms with Crippen molar-refractivity contribution in [1.82, 2.24) is 0 Å². The van der Waals surface area contributed by atoms with Gasteiger partial charge >= 0.3 is 0 Å². The Balaban J connectivity index is 3.00. The number of nitrogens with one attached hydrogen (secondary N) is 1. The Labute approximate surface area is 91.0 Å². The van der Waals surface area contributed by atoms with Crippen LogP contribution in [0.3, 0.4) is 0 Å². The van der Waals surface area contributed by atoms with Gasteiger partial charge in [-0.2, -0.15) is 0 Å². The molecule has 74 valence electrons. The van der Waals surface area contributed by atoms with Crippen LogP contribution in [-0.4, -0.2) is 11.1 Å². The number of anilines is 1. The normalized spacial score (nSPS) is 9.64. The Morgan fingerprint density at radius 3 is 2.43 bits per heavy atom. The molecule has 14 heavy (non-hydrogen) atoms. The highest BCUT2D eigenvalue weighted by molar-refractivity contribution is 6.68. The van der Waals surface area contributed by atoms with Gasteiger partial charge in [0.05, 0.1) is 10.6 Å². The van der Waals surface area contributed by atoms with E-state index in [1.54, 1.807) is 6.07 Å². The molecule has 5 heteroatoms. The number of benzene rings is 1. The molecule has 1 aromatic rings. The SMILES string of the molecule is CC(=O)Nc1ccc(C(=O)Cl)c(Cl)c1. The third-order valence-electron chi connectivity index (χ3n) is 1.50. The average molecular weight is 232 g/mol. The van der Waals surface area contributed by atoms with E-state index in [-0.39, 0.29) is 16.5 Å². The maximum Gasteiger partial charge on any atom is 0.253 e. The minimum atomic E-state index is -0.621. The second kappa shape index (κ2) is 4.44. The van der Waals surface area contributed by atoms with Gasteiger partial charge in [-0.1, -0.05) is 11.6 Å². The molecule has 1 rings (SSSR count). The lowest BCUT2D eigenvalue weighted by molar-refractivity contribution is -0.114. The highest BCUT2D eigenvalue weighted by Crippen LogP contribution is 2.22. The summed E-state index contributed by atoms with van der Waals surface area (Å²) >= 11 is 11.0. The van der Waals surface area contributed by atoms with Gasteiger partial charge < -0.3 is 5.32 Å². The number of hydrogen-bond donors (Lipinski definition) is 1. The zero-order valence-corrected chi connectivity index (χ0v) is 8.82. The van der Waals surface area contributed by atoms with Gasteiger partial charge in [-0.3, -0.25) is 9.59 Å². The third kappa shape index (κ3) is 2.72. The summed E-state index contributed by atoms with van der Waals surface area (Å²) in [6.45, 7) is 1.38. The molecule has 0 heterocycles. The smallest absolute Gasteiger partial charge is 0.253 e. The molecule has 0 aliphatic carbocycles. The second-order valence-electron chi connectivity index (χ2n) is 2.65. The van der Waals surface area contributed by atoms with E-state index in [0.29, 0.717) is 5.69 Å². The summed E-state index contributed by atoms with van der Waals surface area (Å²) < 4.78 is 0. The summed E-state index contributed by atoms with van der Waals surface area (Å²) in [4.78, 5) is 21.5. The highest BCUT2D eigenvalue weighted by atomic mass is 35.5. The fourth-order valence-electron chi connectivity index (χ4n) is 0.956. The first-order valence-electron chi connectivity index (χ1n) is 3.77. The summed E-state index contributed by atoms with van der Waals surface area (Å²) in [5.41, 5.74) is 0.756. The molecule has 3 nitrogen and oxygen atoms in total. The van der Waals surface area contributed by atoms with Crippen LogP contribution in [0.4, 0.5) is 5.69 Å². The van der Waals surface area contributed by atoms with E-state index < -0.39 is 5.24 Å². The van der Waals surface area contributed by atoms with Crippen LogP contribution >= 0.6 is 23.2 Å². The van der Waals surface area contributed by atoms with Crippen molar-refractivity contribution in [2.45, 2.75) is 6.92 Å². The summed E-state index contributed by atoms with van der Waals surface area (Å²) in [5, 5.41) is 2.13. The average Bonchev–Trinajstić information content (AvgIpc) is 2.01. The first-order valence-corrected chi connectivity index (χ1v) is 4.53. The van der Waals surface area contributed by atoms with Crippen molar-refractivity contribution in [3.63, 3.8) is 0 Å². The number of halogens is 2. The number of hydrogen-bond acceptors (Lipinski definition) is 2. The first kappa shape index (κ1) is 11.0. The Morgan fingerprint density at radius 1 is 1.36 bits per heavy atom. The molecular formula is C9H7Cl2NO2. The van der Waals surface area contributed by atoms with Crippen LogP contribution in [-0.2, 0) is 4.79 Å². The van der Waals surface area contributed by atoms with Crippen LogP contribution in [0, 0.1) is 0 Å². The fraction of sp³-hybridized carbons (Fsp3) is 0.111. The van der Waals surface area contributed by atoms with Crippen molar-refractivity contribution in [1.29, 1.82) is 0 Å². The third-order valence-corrected chi connectivity index (χ3v) is 2.02. The van der Waals surface area contributed by atoms with Gasteiger partial charge in [0.15, 0.2) is 0 Å². The summed E-state index contributed by atoms with van der Waals surface area (Å²) in [7, 11) is 0. The molecular weight excluding hydrogens is 225 g/mol. The lowest BCUT2D eigenvalue weighted by atomic mass is 10.2. The molecule has 0 unspecified atom stereocenters. The predicted molar refractivity (Wildman–Crippen MR) is 55.9 cm³/mol. The fourth-order valence-corrected chi connectivity index (χ4v) is 1.44. The molecule has 1 N–H and O–H groups in total. The number of carbonyl (C=O) groups excluding carboxylic acids is 2.